The number of nitro benzene ring substituents is 1. The molecule has 1 aliphatic heterocycles. The fourth-order valence-corrected chi connectivity index (χ4v) is 6.00. The number of nitrogens with zero attached hydrogens (tertiary/aromatic N) is 3. The van der Waals surface area contributed by atoms with Gasteiger partial charge in [0.1, 0.15) is 6.10 Å². The van der Waals surface area contributed by atoms with Gasteiger partial charge in [0.2, 0.25) is 5.60 Å². The van der Waals surface area contributed by atoms with Crippen LogP contribution in [0.4, 0.5) is 18.9 Å². The number of methoxy groups -OCH3 is 1. The number of hydrogen-bond donors (Lipinski definition) is 1. The number of benzene rings is 3. The van der Waals surface area contributed by atoms with Gasteiger partial charge < -0.3 is 23.9 Å². The summed E-state index contributed by atoms with van der Waals surface area (Å²) in [6.07, 6.45) is -3.51. The SMILES string of the molecule is CCOC(=O)Cc1cccc(OC)c1OC1CCN(CC(O)(c2cn(Cc3ccccc3)c3cc([N+](=O)[O-])ccc23)C(F)(F)F)CC1. The molecule has 1 saturated heterocycles. The number of non-ortho nitro benzene ring substituents is 1. The van der Waals surface area contributed by atoms with Gasteiger partial charge in [0.05, 0.1) is 30.6 Å². The van der Waals surface area contributed by atoms with Crippen molar-refractivity contribution in [1.29, 1.82) is 0 Å². The van der Waals surface area contributed by atoms with Gasteiger partial charge in [0.25, 0.3) is 5.69 Å². The van der Waals surface area contributed by atoms with Crippen LogP contribution in [0.3, 0.4) is 0 Å². The number of esters is 1. The van der Waals surface area contributed by atoms with Gasteiger partial charge in [-0.05, 0) is 37.5 Å². The summed E-state index contributed by atoms with van der Waals surface area (Å²) in [5, 5.41) is 23.2. The number of para-hydroxylation sites is 1. The lowest BCUT2D eigenvalue weighted by Crippen LogP contribution is -2.53. The molecule has 1 N–H and O–H groups in total. The minimum Gasteiger partial charge on any atom is -0.493 e. The summed E-state index contributed by atoms with van der Waals surface area (Å²) >= 11 is 0. The molecule has 13 heteroatoms. The van der Waals surface area contributed by atoms with Crippen molar-refractivity contribution < 1.29 is 42.2 Å². The van der Waals surface area contributed by atoms with Gasteiger partial charge in [-0.3, -0.25) is 19.8 Å². The molecular weight excluding hydrogens is 619 g/mol. The highest BCUT2D eigenvalue weighted by molar-refractivity contribution is 5.87. The zero-order valence-electron chi connectivity index (χ0n) is 26.0. The molecule has 1 aromatic heterocycles. The predicted octanol–water partition coefficient (Wildman–Crippen LogP) is 6.01. The summed E-state index contributed by atoms with van der Waals surface area (Å²) in [6, 6.07) is 17.8. The molecule has 0 spiro atoms. The van der Waals surface area contributed by atoms with Crippen molar-refractivity contribution >= 4 is 22.6 Å². The number of ether oxygens (including phenoxy) is 3. The lowest BCUT2D eigenvalue weighted by atomic mass is 9.91. The van der Waals surface area contributed by atoms with Crippen LogP contribution in [0.15, 0.2) is 72.9 Å². The van der Waals surface area contributed by atoms with E-state index in [0.29, 0.717) is 29.9 Å². The second-order valence-electron chi connectivity index (χ2n) is 11.5. The van der Waals surface area contributed by atoms with E-state index in [1.165, 1.54) is 30.0 Å². The number of fused-ring (bicyclic) bond motifs is 1. The quantitative estimate of drug-likeness (QED) is 0.112. The Morgan fingerprint density at radius 1 is 1.06 bits per heavy atom. The van der Waals surface area contributed by atoms with Crippen molar-refractivity contribution in [1.82, 2.24) is 9.47 Å². The van der Waals surface area contributed by atoms with E-state index in [1.807, 2.05) is 6.07 Å². The summed E-state index contributed by atoms with van der Waals surface area (Å²) in [5.41, 5.74) is -2.35. The molecule has 1 aliphatic rings. The number of halogens is 3. The molecule has 0 saturated carbocycles. The molecule has 10 nitrogen and oxygen atoms in total. The van der Waals surface area contributed by atoms with Gasteiger partial charge in [0.15, 0.2) is 11.5 Å². The average Bonchev–Trinajstić information content (AvgIpc) is 3.40. The molecule has 0 bridgehead atoms. The maximum Gasteiger partial charge on any atom is 0.422 e. The van der Waals surface area contributed by atoms with Crippen molar-refractivity contribution in [2.24, 2.45) is 0 Å². The summed E-state index contributed by atoms with van der Waals surface area (Å²) in [6.45, 7) is 1.74. The molecule has 5 rings (SSSR count). The monoisotopic (exact) mass is 655 g/mol. The van der Waals surface area contributed by atoms with Crippen LogP contribution < -0.4 is 9.47 Å². The Labute approximate surface area is 269 Å². The van der Waals surface area contributed by atoms with Crippen LogP contribution in [0, 0.1) is 10.1 Å². The van der Waals surface area contributed by atoms with Crippen molar-refractivity contribution in [3.8, 4) is 11.5 Å². The first kappa shape index (κ1) is 33.7. The van der Waals surface area contributed by atoms with Crippen molar-refractivity contribution in [3.05, 3.63) is 99.7 Å². The largest absolute Gasteiger partial charge is 0.493 e. The van der Waals surface area contributed by atoms with Crippen LogP contribution in [0.25, 0.3) is 10.9 Å². The minimum absolute atomic E-state index is 0.0289. The Bertz CT molecular complexity index is 1720. The second kappa shape index (κ2) is 14.0. The molecule has 1 atom stereocenters. The second-order valence-corrected chi connectivity index (χ2v) is 11.5. The average molecular weight is 656 g/mol. The molecule has 1 fully saturated rings. The van der Waals surface area contributed by atoms with Crippen LogP contribution >= 0.6 is 0 Å². The maximum absolute atomic E-state index is 14.9. The highest BCUT2D eigenvalue weighted by Crippen LogP contribution is 2.44. The van der Waals surface area contributed by atoms with Gasteiger partial charge in [0, 0.05) is 61.0 Å². The molecule has 0 amide bonds. The fourth-order valence-electron chi connectivity index (χ4n) is 6.00. The molecule has 47 heavy (non-hydrogen) atoms. The molecule has 0 radical (unpaired) electrons. The molecule has 3 aromatic carbocycles. The van der Waals surface area contributed by atoms with Crippen molar-refractivity contribution in [3.63, 3.8) is 0 Å². The van der Waals surface area contributed by atoms with Crippen molar-refractivity contribution in [2.75, 3.05) is 33.4 Å². The number of carbonyl (C=O) groups excluding carboxylic acids is 1. The summed E-state index contributed by atoms with van der Waals surface area (Å²) in [7, 11) is 1.48. The number of piperidine rings is 1. The zero-order chi connectivity index (χ0) is 33.8. The Morgan fingerprint density at radius 2 is 1.79 bits per heavy atom. The summed E-state index contributed by atoms with van der Waals surface area (Å²) < 4.78 is 63.0. The van der Waals surface area contributed by atoms with Gasteiger partial charge >= 0.3 is 12.1 Å². The number of likely N-dealkylation sites (tertiary alicyclic amines) is 1. The maximum atomic E-state index is 14.9. The first-order chi connectivity index (χ1) is 22.4. The smallest absolute Gasteiger partial charge is 0.422 e. The number of β-amino-alcohol motifs (C(OH)–C–C–N with tert-alkyl or cyclic N) is 1. The van der Waals surface area contributed by atoms with Crippen LogP contribution in [-0.4, -0.2) is 71.1 Å². The van der Waals surface area contributed by atoms with Crippen LogP contribution in [0.2, 0.25) is 0 Å². The molecular formula is C34H36F3N3O7. The zero-order valence-corrected chi connectivity index (χ0v) is 26.0. The Morgan fingerprint density at radius 3 is 2.43 bits per heavy atom. The lowest BCUT2D eigenvalue weighted by molar-refractivity contribution is -0.384. The number of carbonyl (C=O) groups is 1. The Balaban J connectivity index is 1.39. The Hall–Kier alpha value is -4.62. The molecule has 250 valence electrons. The van der Waals surface area contributed by atoms with E-state index in [9.17, 15) is 33.2 Å². The van der Waals surface area contributed by atoms with Crippen LogP contribution in [0.1, 0.15) is 36.5 Å². The molecule has 4 aromatic rings. The molecule has 1 unspecified atom stereocenters. The van der Waals surface area contributed by atoms with Gasteiger partial charge in [-0.1, -0.05) is 42.5 Å². The topological polar surface area (TPSA) is 116 Å². The molecule has 2 heterocycles. The number of alkyl halides is 3. The number of rotatable bonds is 12. The van der Waals surface area contributed by atoms with E-state index >= 15 is 0 Å². The number of hydrogen-bond acceptors (Lipinski definition) is 8. The highest BCUT2D eigenvalue weighted by atomic mass is 19.4. The first-order valence-electron chi connectivity index (χ1n) is 15.2. The standard InChI is InChI=1S/C34H36F3N3O7/c1-3-46-31(41)18-24-10-7-11-30(45-2)32(24)47-26-14-16-38(17-15-26)22-33(42,34(35,36)37)28-21-39(20-23-8-5-4-6-9-23)29-19-25(40(43)44)12-13-27(28)29/h4-13,19,21,26,42H,3,14-18,20,22H2,1-2H3. The lowest BCUT2D eigenvalue weighted by Gasteiger charge is -2.39. The normalized spacial score (nSPS) is 15.7. The van der Waals surface area contributed by atoms with Crippen LogP contribution in [-0.2, 0) is 28.1 Å². The van der Waals surface area contributed by atoms with E-state index in [0.717, 1.165) is 11.6 Å². The van der Waals surface area contributed by atoms with Gasteiger partial charge in [-0.15, -0.1) is 0 Å². The van der Waals surface area contributed by atoms with E-state index in [-0.39, 0.29) is 60.9 Å². The fraction of sp³-hybridized carbons (Fsp3) is 0.382. The van der Waals surface area contributed by atoms with E-state index in [4.69, 9.17) is 14.2 Å². The van der Waals surface area contributed by atoms with E-state index in [2.05, 4.69) is 0 Å². The third kappa shape index (κ3) is 7.36. The Kier molecular flexibility index (Phi) is 10.1. The van der Waals surface area contributed by atoms with E-state index in [1.54, 1.807) is 54.3 Å². The third-order valence-electron chi connectivity index (χ3n) is 8.38. The number of nitro groups is 1. The number of aromatic nitrogens is 1. The first-order valence-corrected chi connectivity index (χ1v) is 15.2. The third-order valence-corrected chi connectivity index (χ3v) is 8.38. The van der Waals surface area contributed by atoms with E-state index < -0.39 is 29.2 Å². The van der Waals surface area contributed by atoms with Crippen LogP contribution in [0.5, 0.6) is 11.5 Å². The predicted molar refractivity (Wildman–Crippen MR) is 168 cm³/mol. The highest BCUT2D eigenvalue weighted by Gasteiger charge is 2.57. The minimum atomic E-state index is -5.06. The summed E-state index contributed by atoms with van der Waals surface area (Å²) in [4.78, 5) is 24.6. The van der Waals surface area contributed by atoms with Gasteiger partial charge in [-0.2, -0.15) is 13.2 Å². The van der Waals surface area contributed by atoms with Gasteiger partial charge in [-0.25, -0.2) is 0 Å². The number of aliphatic hydroxyl groups is 1. The van der Waals surface area contributed by atoms with Crippen molar-refractivity contribution in [2.45, 2.75) is 50.6 Å². The summed E-state index contributed by atoms with van der Waals surface area (Å²) in [5.74, 6) is 0.382. The molecule has 0 aliphatic carbocycles.